The van der Waals surface area contributed by atoms with Crippen LogP contribution in [0.25, 0.3) is 0 Å². The molecule has 7 nitrogen and oxygen atoms in total. The van der Waals surface area contributed by atoms with Crippen LogP contribution in [0.4, 0.5) is 11.8 Å². The SMILES string of the molecule is Cc1coc(NS(=O)(=O)c2ccc(N)nc2)n1. The summed E-state index contributed by atoms with van der Waals surface area (Å²) in [6.45, 7) is 1.69. The summed E-state index contributed by atoms with van der Waals surface area (Å²) in [6, 6.07) is 2.66. The van der Waals surface area contributed by atoms with Gasteiger partial charge in [0.1, 0.15) is 17.0 Å². The van der Waals surface area contributed by atoms with Gasteiger partial charge in [0.15, 0.2) is 0 Å². The van der Waals surface area contributed by atoms with Gasteiger partial charge in [-0.05, 0) is 19.1 Å². The van der Waals surface area contributed by atoms with Crippen molar-refractivity contribution in [1.29, 1.82) is 0 Å². The predicted molar refractivity (Wildman–Crippen MR) is 60.7 cm³/mol. The zero-order valence-corrected chi connectivity index (χ0v) is 9.73. The molecule has 2 aromatic heterocycles. The van der Waals surface area contributed by atoms with Gasteiger partial charge in [0, 0.05) is 6.20 Å². The van der Waals surface area contributed by atoms with Crippen LogP contribution in [-0.2, 0) is 10.0 Å². The van der Waals surface area contributed by atoms with Gasteiger partial charge < -0.3 is 10.2 Å². The van der Waals surface area contributed by atoms with E-state index in [-0.39, 0.29) is 16.7 Å². The normalized spacial score (nSPS) is 11.4. The smallest absolute Gasteiger partial charge is 0.309 e. The van der Waals surface area contributed by atoms with E-state index in [1.807, 2.05) is 0 Å². The maximum absolute atomic E-state index is 11.8. The number of anilines is 2. The Morgan fingerprint density at radius 2 is 2.18 bits per heavy atom. The van der Waals surface area contributed by atoms with Crippen molar-refractivity contribution in [2.45, 2.75) is 11.8 Å². The zero-order chi connectivity index (χ0) is 12.5. The molecule has 0 aliphatic carbocycles. The van der Waals surface area contributed by atoms with Crippen molar-refractivity contribution in [2.24, 2.45) is 0 Å². The van der Waals surface area contributed by atoms with Crippen molar-refractivity contribution in [2.75, 3.05) is 10.5 Å². The maximum Gasteiger partial charge on any atom is 0.309 e. The van der Waals surface area contributed by atoms with Crippen LogP contribution in [0.2, 0.25) is 0 Å². The van der Waals surface area contributed by atoms with Crippen LogP contribution in [0.1, 0.15) is 5.69 Å². The highest BCUT2D eigenvalue weighted by Crippen LogP contribution is 2.15. The summed E-state index contributed by atoms with van der Waals surface area (Å²) in [7, 11) is -3.74. The number of hydrogen-bond donors (Lipinski definition) is 2. The molecular formula is C9H10N4O3S. The molecule has 2 heterocycles. The van der Waals surface area contributed by atoms with Crippen molar-refractivity contribution in [3.05, 3.63) is 30.3 Å². The van der Waals surface area contributed by atoms with Gasteiger partial charge in [-0.3, -0.25) is 0 Å². The van der Waals surface area contributed by atoms with E-state index in [0.29, 0.717) is 5.69 Å². The molecule has 8 heteroatoms. The van der Waals surface area contributed by atoms with Crippen molar-refractivity contribution in [3.8, 4) is 0 Å². The fourth-order valence-corrected chi connectivity index (χ4v) is 2.01. The number of nitrogens with two attached hydrogens (primary N) is 1. The number of nitrogen functional groups attached to an aromatic ring is 1. The summed E-state index contributed by atoms with van der Waals surface area (Å²) >= 11 is 0. The molecule has 2 aromatic rings. The molecule has 0 aromatic carbocycles. The third-order valence-corrected chi connectivity index (χ3v) is 3.22. The van der Waals surface area contributed by atoms with Crippen LogP contribution in [-0.4, -0.2) is 18.4 Å². The largest absolute Gasteiger partial charge is 0.431 e. The summed E-state index contributed by atoms with van der Waals surface area (Å²) in [6.07, 6.45) is 2.51. The predicted octanol–water partition coefficient (Wildman–Crippen LogP) is 0.761. The monoisotopic (exact) mass is 254 g/mol. The van der Waals surface area contributed by atoms with Crippen LogP contribution in [0.3, 0.4) is 0 Å². The number of pyridine rings is 1. The third-order valence-electron chi connectivity index (χ3n) is 1.91. The minimum Gasteiger partial charge on any atom is -0.431 e. The molecule has 0 amide bonds. The van der Waals surface area contributed by atoms with Crippen molar-refractivity contribution >= 4 is 21.9 Å². The summed E-state index contributed by atoms with van der Waals surface area (Å²) in [5.41, 5.74) is 5.95. The number of aryl methyl sites for hydroxylation is 1. The second kappa shape index (κ2) is 4.06. The molecule has 0 radical (unpaired) electrons. The molecule has 17 heavy (non-hydrogen) atoms. The molecule has 0 atom stereocenters. The fraction of sp³-hybridized carbons (Fsp3) is 0.111. The first-order valence-electron chi connectivity index (χ1n) is 4.64. The van der Waals surface area contributed by atoms with Crippen LogP contribution in [0, 0.1) is 6.92 Å². The molecule has 0 spiro atoms. The number of hydrogen-bond acceptors (Lipinski definition) is 6. The van der Waals surface area contributed by atoms with Gasteiger partial charge in [-0.1, -0.05) is 0 Å². The second-order valence-corrected chi connectivity index (χ2v) is 5.00. The van der Waals surface area contributed by atoms with Gasteiger partial charge in [0.25, 0.3) is 10.0 Å². The highest BCUT2D eigenvalue weighted by molar-refractivity contribution is 7.92. The molecule has 3 N–H and O–H groups in total. The van der Waals surface area contributed by atoms with E-state index in [1.54, 1.807) is 6.92 Å². The van der Waals surface area contributed by atoms with Crippen molar-refractivity contribution in [3.63, 3.8) is 0 Å². The van der Waals surface area contributed by atoms with Crippen LogP contribution < -0.4 is 10.5 Å². The molecule has 0 saturated carbocycles. The highest BCUT2D eigenvalue weighted by Gasteiger charge is 2.17. The molecular weight excluding hydrogens is 244 g/mol. The minimum atomic E-state index is -3.74. The molecule has 0 aliphatic rings. The van der Waals surface area contributed by atoms with E-state index < -0.39 is 10.0 Å². The van der Waals surface area contributed by atoms with Gasteiger partial charge in [-0.2, -0.15) is 4.98 Å². The standard InChI is InChI=1S/C9H10N4O3S/c1-6-5-16-9(12-6)13-17(14,15)7-2-3-8(10)11-4-7/h2-5H,1H3,(H2,10,11)(H,12,13). The van der Waals surface area contributed by atoms with Crippen LogP contribution >= 0.6 is 0 Å². The van der Waals surface area contributed by atoms with E-state index in [9.17, 15) is 8.42 Å². The van der Waals surface area contributed by atoms with E-state index in [1.165, 1.54) is 18.4 Å². The number of oxazole rings is 1. The fourth-order valence-electron chi connectivity index (χ4n) is 1.13. The summed E-state index contributed by atoms with van der Waals surface area (Å²) < 4.78 is 30.7. The Morgan fingerprint density at radius 1 is 1.41 bits per heavy atom. The third kappa shape index (κ3) is 2.53. The highest BCUT2D eigenvalue weighted by atomic mass is 32.2. The van der Waals surface area contributed by atoms with Gasteiger partial charge in [-0.15, -0.1) is 0 Å². The van der Waals surface area contributed by atoms with E-state index in [0.717, 1.165) is 6.20 Å². The quantitative estimate of drug-likeness (QED) is 0.836. The lowest BCUT2D eigenvalue weighted by Gasteiger charge is -2.03. The van der Waals surface area contributed by atoms with E-state index in [2.05, 4.69) is 14.7 Å². The Morgan fingerprint density at radius 3 is 2.71 bits per heavy atom. The van der Waals surface area contributed by atoms with E-state index in [4.69, 9.17) is 10.2 Å². The number of aromatic nitrogens is 2. The number of sulfonamides is 1. The molecule has 0 unspecified atom stereocenters. The minimum absolute atomic E-state index is 0.0115. The number of nitrogens with one attached hydrogen (secondary N) is 1. The van der Waals surface area contributed by atoms with Crippen LogP contribution in [0.15, 0.2) is 33.9 Å². The first-order valence-corrected chi connectivity index (χ1v) is 6.12. The molecule has 0 fully saturated rings. The summed E-state index contributed by atoms with van der Waals surface area (Å²) in [5.74, 6) is 0.246. The van der Waals surface area contributed by atoms with Crippen molar-refractivity contribution < 1.29 is 12.8 Å². The second-order valence-electron chi connectivity index (χ2n) is 3.32. The summed E-state index contributed by atoms with van der Waals surface area (Å²) in [4.78, 5) is 7.53. The molecule has 0 saturated heterocycles. The Hall–Kier alpha value is -2.09. The summed E-state index contributed by atoms with van der Waals surface area (Å²) in [5, 5.41) is 0. The maximum atomic E-state index is 11.8. The van der Waals surface area contributed by atoms with Crippen LogP contribution in [0.5, 0.6) is 0 Å². The molecule has 2 rings (SSSR count). The average molecular weight is 254 g/mol. The van der Waals surface area contributed by atoms with Gasteiger partial charge in [-0.25, -0.2) is 18.1 Å². The Bertz CT molecular complexity index is 618. The van der Waals surface area contributed by atoms with Gasteiger partial charge in [0.05, 0.1) is 5.69 Å². The molecule has 0 bridgehead atoms. The van der Waals surface area contributed by atoms with Gasteiger partial charge >= 0.3 is 6.01 Å². The van der Waals surface area contributed by atoms with Crippen molar-refractivity contribution in [1.82, 2.24) is 9.97 Å². The van der Waals surface area contributed by atoms with E-state index >= 15 is 0 Å². The lowest BCUT2D eigenvalue weighted by molar-refractivity contribution is 0.569. The number of rotatable bonds is 3. The number of nitrogens with zero attached hydrogens (tertiary/aromatic N) is 2. The topological polar surface area (TPSA) is 111 Å². The molecule has 0 aliphatic heterocycles. The Kier molecular flexibility index (Phi) is 2.72. The molecule has 90 valence electrons. The zero-order valence-electron chi connectivity index (χ0n) is 8.91. The lowest BCUT2D eigenvalue weighted by Crippen LogP contribution is -2.13. The van der Waals surface area contributed by atoms with Gasteiger partial charge in [0.2, 0.25) is 0 Å². The lowest BCUT2D eigenvalue weighted by atomic mass is 10.5. The Labute approximate surface area is 97.7 Å². The first-order chi connectivity index (χ1) is 7.97. The Balaban J connectivity index is 2.28. The average Bonchev–Trinajstić information content (AvgIpc) is 2.63. The first kappa shape index (κ1) is 11.4.